The van der Waals surface area contributed by atoms with Crippen molar-refractivity contribution in [3.63, 3.8) is 0 Å². The zero-order chi connectivity index (χ0) is 19.1. The van der Waals surface area contributed by atoms with Crippen LogP contribution in [0.5, 0.6) is 0 Å². The van der Waals surface area contributed by atoms with Gasteiger partial charge in [0.2, 0.25) is 0 Å². The van der Waals surface area contributed by atoms with Crippen molar-refractivity contribution >= 4 is 34.9 Å². The molecule has 140 valence electrons. The molecule has 0 N–H and O–H groups in total. The molecule has 0 saturated heterocycles. The van der Waals surface area contributed by atoms with E-state index in [1.54, 1.807) is 0 Å². The molecule has 0 amide bonds. The summed E-state index contributed by atoms with van der Waals surface area (Å²) in [6, 6.07) is 26.6. The minimum atomic E-state index is 0.379. The highest BCUT2D eigenvalue weighted by atomic mass is 32.2. The van der Waals surface area contributed by atoms with E-state index in [1.807, 2.05) is 23.5 Å². The highest BCUT2D eigenvalue weighted by Gasteiger charge is 2.36. The summed E-state index contributed by atoms with van der Waals surface area (Å²) >= 11 is 3.95. The molecule has 0 radical (unpaired) electrons. The van der Waals surface area contributed by atoms with Crippen LogP contribution in [-0.4, -0.2) is 11.5 Å². The summed E-state index contributed by atoms with van der Waals surface area (Å²) in [6.07, 6.45) is 0. The van der Waals surface area contributed by atoms with Crippen LogP contribution in [0, 0.1) is 5.92 Å². The lowest BCUT2D eigenvalue weighted by Crippen LogP contribution is -2.27. The predicted octanol–water partition coefficient (Wildman–Crippen LogP) is 7.50. The van der Waals surface area contributed by atoms with Crippen LogP contribution in [0.2, 0.25) is 0 Å². The van der Waals surface area contributed by atoms with Crippen molar-refractivity contribution in [2.75, 3.05) is 5.75 Å². The molecular formula is C25H23NS2. The fraction of sp³-hybridized carbons (Fsp3) is 0.240. The molecule has 0 unspecified atom stereocenters. The van der Waals surface area contributed by atoms with Gasteiger partial charge in [-0.15, -0.1) is 23.5 Å². The van der Waals surface area contributed by atoms with Crippen LogP contribution >= 0.6 is 23.5 Å². The first-order valence-electron chi connectivity index (χ1n) is 9.87. The van der Waals surface area contributed by atoms with Gasteiger partial charge in [0.1, 0.15) is 0 Å². The molecule has 3 heteroatoms. The quantitative estimate of drug-likeness (QED) is 0.441. The largest absolute Gasteiger partial charge is 0.251 e. The van der Waals surface area contributed by atoms with Gasteiger partial charge in [-0.25, -0.2) is 0 Å². The second-order valence-corrected chi connectivity index (χ2v) is 9.98. The molecule has 0 aromatic heterocycles. The molecule has 0 saturated carbocycles. The molecular weight excluding hydrogens is 378 g/mol. The molecule has 3 aromatic rings. The maximum Gasteiger partial charge on any atom is 0.0769 e. The van der Waals surface area contributed by atoms with Gasteiger partial charge in [-0.1, -0.05) is 68.4 Å². The van der Waals surface area contributed by atoms with Crippen molar-refractivity contribution in [3.8, 4) is 0 Å². The average Bonchev–Trinajstić information content (AvgIpc) is 2.91. The van der Waals surface area contributed by atoms with Crippen LogP contribution in [0.3, 0.4) is 0 Å². The van der Waals surface area contributed by atoms with Crippen LogP contribution in [0.4, 0.5) is 5.69 Å². The first-order valence-corrected chi connectivity index (χ1v) is 11.7. The van der Waals surface area contributed by atoms with Crippen LogP contribution in [-0.2, 0) is 0 Å². The molecule has 28 heavy (non-hydrogen) atoms. The van der Waals surface area contributed by atoms with Gasteiger partial charge >= 0.3 is 0 Å². The number of aliphatic imine (C=N–C) groups is 1. The lowest BCUT2D eigenvalue weighted by atomic mass is 9.89. The number of thioether (sulfide) groups is 2. The van der Waals surface area contributed by atoms with E-state index < -0.39 is 0 Å². The summed E-state index contributed by atoms with van der Waals surface area (Å²) in [5, 5.41) is 0.379. The van der Waals surface area contributed by atoms with Crippen molar-refractivity contribution in [1.82, 2.24) is 0 Å². The van der Waals surface area contributed by atoms with Crippen LogP contribution in [0.25, 0.3) is 0 Å². The number of hydrogen-bond donors (Lipinski definition) is 0. The maximum absolute atomic E-state index is 5.21. The van der Waals surface area contributed by atoms with Gasteiger partial charge < -0.3 is 0 Å². The van der Waals surface area contributed by atoms with Crippen molar-refractivity contribution in [2.45, 2.75) is 34.8 Å². The minimum Gasteiger partial charge on any atom is -0.251 e. The number of para-hydroxylation sites is 1. The van der Waals surface area contributed by atoms with E-state index in [9.17, 15) is 0 Å². The van der Waals surface area contributed by atoms with Crippen LogP contribution in [0.1, 0.15) is 41.7 Å². The predicted molar refractivity (Wildman–Crippen MR) is 122 cm³/mol. The average molecular weight is 402 g/mol. The van der Waals surface area contributed by atoms with E-state index in [0.717, 1.165) is 11.4 Å². The fourth-order valence-electron chi connectivity index (χ4n) is 4.01. The number of nitrogens with zero attached hydrogens (tertiary/aromatic N) is 1. The summed E-state index contributed by atoms with van der Waals surface area (Å²) in [5.74, 6) is 2.04. The summed E-state index contributed by atoms with van der Waals surface area (Å²) in [6.45, 7) is 4.51. The highest BCUT2D eigenvalue weighted by Crippen LogP contribution is 2.51. The summed E-state index contributed by atoms with van der Waals surface area (Å²) in [7, 11) is 0. The second kappa shape index (κ2) is 7.46. The number of fused-ring (bicyclic) bond motifs is 4. The Morgan fingerprint density at radius 2 is 1.57 bits per heavy atom. The van der Waals surface area contributed by atoms with Gasteiger partial charge in [0.05, 0.1) is 11.4 Å². The van der Waals surface area contributed by atoms with Crippen molar-refractivity contribution in [1.29, 1.82) is 0 Å². The van der Waals surface area contributed by atoms with Crippen molar-refractivity contribution < 1.29 is 0 Å². The topological polar surface area (TPSA) is 12.4 Å². The molecule has 2 aliphatic rings. The first-order chi connectivity index (χ1) is 13.7. The molecule has 0 aliphatic carbocycles. The van der Waals surface area contributed by atoms with Crippen molar-refractivity contribution in [3.05, 3.63) is 89.5 Å². The third-order valence-electron chi connectivity index (χ3n) is 5.59. The zero-order valence-electron chi connectivity index (χ0n) is 16.1. The number of benzene rings is 3. The Labute approximate surface area is 175 Å². The third-order valence-corrected chi connectivity index (χ3v) is 8.24. The Balaban J connectivity index is 1.64. The van der Waals surface area contributed by atoms with E-state index in [2.05, 4.69) is 86.6 Å². The Bertz CT molecular complexity index is 1040. The second-order valence-electron chi connectivity index (χ2n) is 7.74. The Morgan fingerprint density at radius 3 is 2.36 bits per heavy atom. The number of hydrogen-bond acceptors (Lipinski definition) is 3. The van der Waals surface area contributed by atoms with Gasteiger partial charge in [-0.3, -0.25) is 4.99 Å². The van der Waals surface area contributed by atoms with Gasteiger partial charge in [-0.05, 0) is 35.2 Å². The SMILES string of the molecule is CC(C)c1ccc([C@H]2Sc3ccccc3N=C3c4ccccc4SC[C@@H]32)cc1. The minimum absolute atomic E-state index is 0.379. The highest BCUT2D eigenvalue weighted by molar-refractivity contribution is 8.00. The Morgan fingerprint density at radius 1 is 0.857 bits per heavy atom. The van der Waals surface area contributed by atoms with Gasteiger partial charge in [-0.2, -0.15) is 0 Å². The molecule has 2 aliphatic heterocycles. The monoisotopic (exact) mass is 401 g/mol. The molecule has 2 atom stereocenters. The molecule has 2 heterocycles. The van der Waals surface area contributed by atoms with E-state index in [0.29, 0.717) is 17.1 Å². The zero-order valence-corrected chi connectivity index (χ0v) is 17.8. The summed E-state index contributed by atoms with van der Waals surface area (Å²) < 4.78 is 0. The molecule has 0 bridgehead atoms. The molecule has 3 aromatic carbocycles. The summed E-state index contributed by atoms with van der Waals surface area (Å²) in [5.41, 5.74) is 6.48. The van der Waals surface area contributed by atoms with E-state index in [1.165, 1.54) is 32.2 Å². The lowest BCUT2D eigenvalue weighted by Gasteiger charge is -2.31. The molecule has 0 spiro atoms. The number of rotatable bonds is 2. The molecule has 1 nitrogen and oxygen atoms in total. The maximum atomic E-state index is 5.21. The van der Waals surface area contributed by atoms with E-state index >= 15 is 0 Å². The third kappa shape index (κ3) is 3.21. The molecule has 0 fully saturated rings. The first kappa shape index (κ1) is 18.1. The van der Waals surface area contributed by atoms with E-state index in [4.69, 9.17) is 4.99 Å². The van der Waals surface area contributed by atoms with Gasteiger partial charge in [0, 0.05) is 32.3 Å². The van der Waals surface area contributed by atoms with Gasteiger partial charge in [0.25, 0.3) is 0 Å². The molecule has 5 rings (SSSR count). The lowest BCUT2D eigenvalue weighted by molar-refractivity contribution is 0.754. The Kier molecular flexibility index (Phi) is 4.82. The van der Waals surface area contributed by atoms with Gasteiger partial charge in [0.15, 0.2) is 0 Å². The standard InChI is InChI=1S/C25H23NS2/c1-16(2)17-11-13-18(14-12-17)25-20-15-27-22-9-5-3-7-19(22)24(20)26-21-8-4-6-10-23(21)28-25/h3-14,16,20,25H,15H2,1-2H3/t20-,25+/m0/s1. The smallest absolute Gasteiger partial charge is 0.0769 e. The van der Waals surface area contributed by atoms with Crippen LogP contribution in [0.15, 0.2) is 87.6 Å². The Hall–Kier alpha value is -1.97. The summed E-state index contributed by atoms with van der Waals surface area (Å²) in [4.78, 5) is 7.85. The fourth-order valence-corrected chi connectivity index (χ4v) is 6.69. The van der Waals surface area contributed by atoms with Crippen LogP contribution < -0.4 is 0 Å². The normalized spacial score (nSPS) is 20.6. The van der Waals surface area contributed by atoms with E-state index in [-0.39, 0.29) is 0 Å². The van der Waals surface area contributed by atoms with Crippen molar-refractivity contribution in [2.24, 2.45) is 10.9 Å².